The van der Waals surface area contributed by atoms with Gasteiger partial charge in [0.15, 0.2) is 0 Å². The molecule has 0 bridgehead atoms. The van der Waals surface area contributed by atoms with Crippen molar-refractivity contribution in [3.8, 4) is 0 Å². The number of nitrogens with two attached hydrogens (primary N) is 2. The monoisotopic (exact) mass is 238 g/mol. The molecule has 0 atom stereocenters. The lowest BCUT2D eigenvalue weighted by Gasteiger charge is -2.16. The van der Waals surface area contributed by atoms with Crippen LogP contribution < -0.4 is 11.5 Å². The van der Waals surface area contributed by atoms with Crippen LogP contribution in [0.2, 0.25) is 0 Å². The van der Waals surface area contributed by atoms with Crippen LogP contribution in [0.1, 0.15) is 26.3 Å². The topological polar surface area (TPSA) is 78.3 Å². The van der Waals surface area contributed by atoms with E-state index in [1.807, 2.05) is 18.2 Å². The van der Waals surface area contributed by atoms with Gasteiger partial charge in [0, 0.05) is 0 Å². The zero-order valence-corrected chi connectivity index (χ0v) is 10.8. The summed E-state index contributed by atoms with van der Waals surface area (Å²) in [6.07, 6.45) is 0.262. The molecule has 0 aliphatic rings. The number of hydrogen-bond acceptors (Lipinski definition) is 3. The van der Waals surface area contributed by atoms with E-state index in [1.165, 1.54) is 5.56 Å². The molecule has 0 saturated carbocycles. The molecule has 1 amide bonds. The first-order valence-corrected chi connectivity index (χ1v) is 5.57. The number of benzene rings is 1. The third-order valence-corrected chi connectivity index (χ3v) is 1.68. The molecule has 17 heavy (non-hydrogen) atoms. The summed E-state index contributed by atoms with van der Waals surface area (Å²) < 4.78 is 4.58. The molecule has 96 valence electrons. The van der Waals surface area contributed by atoms with Crippen LogP contribution in [-0.4, -0.2) is 18.2 Å². The summed E-state index contributed by atoms with van der Waals surface area (Å²) in [7, 11) is 0. The first-order valence-electron chi connectivity index (χ1n) is 5.57. The Labute approximate surface area is 103 Å². The fourth-order valence-corrected chi connectivity index (χ4v) is 1.11. The molecule has 0 saturated heterocycles. The second kappa shape index (κ2) is 7.68. The highest BCUT2D eigenvalue weighted by atomic mass is 16.6. The fraction of sp³-hybridized carbons (Fsp3) is 0.462. The van der Waals surface area contributed by atoms with Crippen LogP contribution in [0.15, 0.2) is 30.3 Å². The molecule has 1 aromatic rings. The van der Waals surface area contributed by atoms with Gasteiger partial charge in [0.1, 0.15) is 5.60 Å². The van der Waals surface area contributed by atoms with Gasteiger partial charge in [-0.25, -0.2) is 4.79 Å². The Morgan fingerprint density at radius 3 is 2.06 bits per heavy atom. The smallest absolute Gasteiger partial charge is 0.405 e. The van der Waals surface area contributed by atoms with Crippen molar-refractivity contribution in [1.29, 1.82) is 0 Å². The predicted molar refractivity (Wildman–Crippen MR) is 69.6 cm³/mol. The Morgan fingerprint density at radius 1 is 1.24 bits per heavy atom. The van der Waals surface area contributed by atoms with E-state index >= 15 is 0 Å². The number of hydrogen-bond donors (Lipinski definition) is 2. The van der Waals surface area contributed by atoms with Crippen molar-refractivity contribution in [3.63, 3.8) is 0 Å². The van der Waals surface area contributed by atoms with Crippen LogP contribution in [0.25, 0.3) is 0 Å². The Morgan fingerprint density at radius 2 is 1.76 bits per heavy atom. The van der Waals surface area contributed by atoms with Gasteiger partial charge in [-0.15, -0.1) is 0 Å². The maximum atomic E-state index is 10.0. The van der Waals surface area contributed by atoms with E-state index in [4.69, 9.17) is 11.5 Å². The number of carbonyl (C=O) groups excluding carboxylic acids is 1. The largest absolute Gasteiger partial charge is 0.444 e. The van der Waals surface area contributed by atoms with Crippen LogP contribution in [0.4, 0.5) is 4.79 Å². The van der Waals surface area contributed by atoms with Gasteiger partial charge in [-0.2, -0.15) is 0 Å². The third-order valence-electron chi connectivity index (χ3n) is 1.68. The molecule has 4 nitrogen and oxygen atoms in total. The Hall–Kier alpha value is -1.55. The maximum Gasteiger partial charge on any atom is 0.405 e. The summed E-state index contributed by atoms with van der Waals surface area (Å²) in [5.41, 5.74) is 10.9. The minimum atomic E-state index is -0.725. The Bertz CT molecular complexity index is 318. The van der Waals surface area contributed by atoms with Crippen LogP contribution in [0.5, 0.6) is 0 Å². The van der Waals surface area contributed by atoms with Crippen molar-refractivity contribution in [2.24, 2.45) is 11.5 Å². The summed E-state index contributed by atoms with van der Waals surface area (Å²) in [5, 5.41) is 0. The van der Waals surface area contributed by atoms with Gasteiger partial charge in [-0.05, 0) is 39.3 Å². The predicted octanol–water partition coefficient (Wildman–Crippen LogP) is 2.07. The van der Waals surface area contributed by atoms with Crippen LogP contribution in [-0.2, 0) is 11.2 Å². The quantitative estimate of drug-likeness (QED) is 0.827. The van der Waals surface area contributed by atoms with E-state index in [2.05, 4.69) is 16.9 Å². The summed E-state index contributed by atoms with van der Waals surface area (Å²) >= 11 is 0. The second-order valence-electron chi connectivity index (χ2n) is 4.56. The van der Waals surface area contributed by atoms with Gasteiger partial charge in [0.25, 0.3) is 0 Å². The summed E-state index contributed by atoms with van der Waals surface area (Å²) in [6, 6.07) is 10.3. The highest BCUT2D eigenvalue weighted by Crippen LogP contribution is 2.04. The highest BCUT2D eigenvalue weighted by Gasteiger charge is 2.12. The first-order chi connectivity index (χ1) is 7.85. The van der Waals surface area contributed by atoms with Crippen molar-refractivity contribution in [3.05, 3.63) is 35.9 Å². The van der Waals surface area contributed by atoms with Gasteiger partial charge >= 0.3 is 6.09 Å². The van der Waals surface area contributed by atoms with Gasteiger partial charge in [-0.3, -0.25) is 0 Å². The molecule has 4 N–H and O–H groups in total. The van der Waals surface area contributed by atoms with Gasteiger partial charge in [-0.1, -0.05) is 30.3 Å². The molecule has 0 spiro atoms. The minimum absolute atomic E-state index is 0.453. The average Bonchev–Trinajstić information content (AvgIpc) is 2.16. The van der Waals surface area contributed by atoms with E-state index < -0.39 is 11.7 Å². The molecule has 4 heteroatoms. The molecule has 0 unspecified atom stereocenters. The molecule has 0 aliphatic heterocycles. The van der Waals surface area contributed by atoms with Gasteiger partial charge in [0.2, 0.25) is 0 Å². The number of rotatable bonds is 2. The van der Waals surface area contributed by atoms with Crippen molar-refractivity contribution >= 4 is 6.09 Å². The molecule has 0 aromatic heterocycles. The molecule has 0 radical (unpaired) electrons. The van der Waals surface area contributed by atoms with E-state index in [0.717, 1.165) is 13.0 Å². The third kappa shape index (κ3) is 10.7. The van der Waals surface area contributed by atoms with Crippen molar-refractivity contribution < 1.29 is 9.53 Å². The zero-order valence-electron chi connectivity index (χ0n) is 10.8. The number of carbonyl (C=O) groups is 1. The standard InChI is InChI=1S/C8H11N.C5H11NO2/c9-7-6-8-4-2-1-3-5-8;1-5(2,3)8-4(6)7/h1-5H,6-7,9H2;1-3H3,(H2,6,7). The normalized spacial score (nSPS) is 10.1. The van der Waals surface area contributed by atoms with Crippen molar-refractivity contribution in [1.82, 2.24) is 0 Å². The highest BCUT2D eigenvalue weighted by molar-refractivity contribution is 5.65. The molecule has 1 rings (SSSR count). The minimum Gasteiger partial charge on any atom is -0.444 e. The SMILES string of the molecule is CC(C)(C)OC(N)=O.NCCc1ccccc1. The Kier molecular flexibility index (Phi) is 6.98. The summed E-state index contributed by atoms with van der Waals surface area (Å²) in [4.78, 5) is 10.0. The number of ether oxygens (including phenoxy) is 1. The molecule has 0 heterocycles. The molecule has 0 aliphatic carbocycles. The first kappa shape index (κ1) is 15.4. The Balaban J connectivity index is 0.000000304. The lowest BCUT2D eigenvalue weighted by molar-refractivity contribution is 0.0600. The summed E-state index contributed by atoms with van der Waals surface area (Å²) in [5.74, 6) is 0. The second-order valence-corrected chi connectivity index (χ2v) is 4.56. The lowest BCUT2D eigenvalue weighted by Crippen LogP contribution is -2.27. The summed E-state index contributed by atoms with van der Waals surface area (Å²) in [6.45, 7) is 6.03. The van der Waals surface area contributed by atoms with Crippen molar-refractivity contribution in [2.75, 3.05) is 6.54 Å². The van der Waals surface area contributed by atoms with Gasteiger partial charge < -0.3 is 16.2 Å². The molecule has 0 fully saturated rings. The average molecular weight is 238 g/mol. The van der Waals surface area contributed by atoms with Crippen LogP contribution >= 0.6 is 0 Å². The fourth-order valence-electron chi connectivity index (χ4n) is 1.11. The van der Waals surface area contributed by atoms with Crippen LogP contribution in [0.3, 0.4) is 0 Å². The van der Waals surface area contributed by atoms with E-state index in [-0.39, 0.29) is 0 Å². The number of amides is 1. The van der Waals surface area contributed by atoms with Gasteiger partial charge in [0.05, 0.1) is 0 Å². The molecule has 1 aromatic carbocycles. The lowest BCUT2D eigenvalue weighted by atomic mass is 10.2. The van der Waals surface area contributed by atoms with Crippen molar-refractivity contribution in [2.45, 2.75) is 32.8 Å². The van der Waals surface area contributed by atoms with E-state index in [1.54, 1.807) is 20.8 Å². The van der Waals surface area contributed by atoms with E-state index in [9.17, 15) is 4.79 Å². The molecular weight excluding hydrogens is 216 g/mol. The van der Waals surface area contributed by atoms with Crippen LogP contribution in [0, 0.1) is 0 Å². The maximum absolute atomic E-state index is 10.0. The van der Waals surface area contributed by atoms with E-state index in [0.29, 0.717) is 0 Å². The zero-order chi connectivity index (χ0) is 13.3. The molecular formula is C13H22N2O2. The number of primary amides is 1.